The second kappa shape index (κ2) is 36.2. The molecule has 0 bridgehead atoms. The Morgan fingerprint density at radius 3 is 0.800 bits per heavy atom. The molecule has 4 aromatic rings. The molecule has 0 atom stereocenters. The van der Waals surface area contributed by atoms with E-state index in [4.69, 9.17) is 0 Å². The van der Waals surface area contributed by atoms with Crippen molar-refractivity contribution >= 4 is 71.3 Å². The molecule has 0 aliphatic carbocycles. The number of hydrogen-bond acceptors (Lipinski definition) is 4. The van der Waals surface area contributed by atoms with Crippen LogP contribution < -0.4 is 0 Å². The van der Waals surface area contributed by atoms with Crippen molar-refractivity contribution in [1.29, 1.82) is 0 Å². The Kier molecular flexibility index (Phi) is 33.1. The maximum absolute atomic E-state index is 12.0. The maximum atomic E-state index is 12.0. The number of fused-ring (bicyclic) bond motifs is 2. The summed E-state index contributed by atoms with van der Waals surface area (Å²) in [5.74, 6) is 0. The van der Waals surface area contributed by atoms with Crippen LogP contribution in [0.1, 0.15) is 230 Å². The Morgan fingerprint density at radius 2 is 0.554 bits per heavy atom. The second-order valence-corrected chi connectivity index (χ2v) is 21.3. The summed E-state index contributed by atoms with van der Waals surface area (Å²) in [5, 5.41) is 2.92. The number of hydrogen-bond donors (Lipinski definition) is 2. The van der Waals surface area contributed by atoms with E-state index in [2.05, 4.69) is 13.8 Å². The van der Waals surface area contributed by atoms with Gasteiger partial charge in [-0.05, 0) is 47.6 Å². The van der Waals surface area contributed by atoms with Crippen LogP contribution in [0.3, 0.4) is 0 Å². The summed E-state index contributed by atoms with van der Waals surface area (Å²) in [6.45, 7) is 4.54. The predicted octanol–water partition coefficient (Wildman–Crippen LogP) is 17.4. The Labute approximate surface area is 420 Å². The van der Waals surface area contributed by atoms with Crippen LogP contribution in [-0.4, -0.2) is 55.5 Å². The van der Waals surface area contributed by atoms with E-state index in [0.717, 1.165) is 47.6 Å². The van der Waals surface area contributed by atoms with Crippen LogP contribution in [-0.2, 0) is 33.1 Å². The van der Waals surface area contributed by atoms with Gasteiger partial charge in [0, 0.05) is 40.3 Å². The number of aryl methyl sites for hydroxylation is 2. The molecule has 0 aliphatic heterocycles. The van der Waals surface area contributed by atoms with E-state index in [9.17, 15) is 25.9 Å². The van der Waals surface area contributed by atoms with E-state index in [1.807, 2.05) is 60.7 Å². The van der Waals surface area contributed by atoms with Gasteiger partial charge in [-0.25, -0.2) is 0 Å². The molecule has 0 amide bonds. The average molecular weight is 944 g/mol. The van der Waals surface area contributed by atoms with Crippen LogP contribution in [0.15, 0.2) is 82.6 Å². The van der Waals surface area contributed by atoms with Gasteiger partial charge in [-0.2, -0.15) is 16.8 Å². The first kappa shape index (κ1) is 59.3. The molecular formula is C56H88NaO6S2. The molecule has 0 saturated carbocycles. The minimum absolute atomic E-state index is 0. The Balaban J connectivity index is 0.000000440. The number of unbranched alkanes of at least 4 members (excludes halogenated alkanes) is 30. The van der Waals surface area contributed by atoms with E-state index in [-0.39, 0.29) is 39.3 Å². The summed E-state index contributed by atoms with van der Waals surface area (Å²) in [7, 11) is -8.46. The minimum Gasteiger partial charge on any atom is -0.282 e. The van der Waals surface area contributed by atoms with Crippen molar-refractivity contribution in [2.24, 2.45) is 0 Å². The minimum atomic E-state index is -4.23. The van der Waals surface area contributed by atoms with Gasteiger partial charge in [0.2, 0.25) is 0 Å². The maximum Gasteiger partial charge on any atom is 0.295 e. The third-order valence-electron chi connectivity index (χ3n) is 13.0. The first-order valence-electron chi connectivity index (χ1n) is 26.0. The van der Waals surface area contributed by atoms with Gasteiger partial charge in [-0.1, -0.05) is 279 Å². The van der Waals surface area contributed by atoms with E-state index < -0.39 is 20.2 Å². The zero-order chi connectivity index (χ0) is 46.1. The predicted molar refractivity (Wildman–Crippen MR) is 280 cm³/mol. The summed E-state index contributed by atoms with van der Waals surface area (Å²) in [6.07, 6.45) is 43.7. The molecular weight excluding hydrogens is 856 g/mol. The fourth-order valence-electron chi connectivity index (χ4n) is 9.31. The van der Waals surface area contributed by atoms with Crippen LogP contribution in [0.5, 0.6) is 0 Å². The van der Waals surface area contributed by atoms with Gasteiger partial charge in [-0.15, -0.1) is 0 Å². The molecule has 361 valence electrons. The Bertz CT molecular complexity index is 1900. The SMILES string of the molecule is CCCCCCCCCCCCCCCCCCc1ccc2ccccc2c1S(=O)(=O)O.CCCCCCCCCCCCCCCCCCc1ccc2ccccc2c1S(=O)(=O)O.[Na]. The fourth-order valence-corrected chi connectivity index (χ4v) is 11.2. The Hall–Kier alpha value is -1.78. The Morgan fingerprint density at radius 1 is 0.323 bits per heavy atom. The van der Waals surface area contributed by atoms with Gasteiger partial charge in [0.05, 0.1) is 0 Å². The standard InChI is InChI=1S/2C28H44O3S.Na/c2*1-2-3-4-5-6-7-8-9-10-11-12-13-14-15-16-17-21-26-24-23-25-20-18-19-22-27(25)28(26)32(29,30)31;/h2*18-20,22-24H,2-17,21H2,1H3,(H,29,30,31);. The van der Waals surface area contributed by atoms with Gasteiger partial charge in [0.1, 0.15) is 9.79 Å². The van der Waals surface area contributed by atoms with E-state index in [1.165, 1.54) is 180 Å². The molecule has 4 aromatic carbocycles. The summed E-state index contributed by atoms with van der Waals surface area (Å²) in [5.41, 5.74) is 1.47. The first-order chi connectivity index (χ1) is 31.1. The summed E-state index contributed by atoms with van der Waals surface area (Å²) >= 11 is 0. The largest absolute Gasteiger partial charge is 0.295 e. The van der Waals surface area contributed by atoms with Crippen molar-refractivity contribution in [2.75, 3.05) is 0 Å². The number of rotatable bonds is 36. The number of benzene rings is 4. The average Bonchev–Trinajstić information content (AvgIpc) is 3.27. The van der Waals surface area contributed by atoms with Gasteiger partial charge >= 0.3 is 0 Å². The fraction of sp³-hybridized carbons (Fsp3) is 0.643. The molecule has 0 spiro atoms. The van der Waals surface area contributed by atoms with E-state index in [0.29, 0.717) is 23.6 Å². The normalized spacial score (nSPS) is 11.8. The van der Waals surface area contributed by atoms with Crippen LogP contribution in [0.25, 0.3) is 21.5 Å². The van der Waals surface area contributed by atoms with Crippen molar-refractivity contribution in [3.05, 3.63) is 83.9 Å². The zero-order valence-electron chi connectivity index (χ0n) is 41.3. The zero-order valence-corrected chi connectivity index (χ0v) is 44.9. The second-order valence-electron chi connectivity index (χ2n) is 18.6. The van der Waals surface area contributed by atoms with Crippen LogP contribution in [0.4, 0.5) is 0 Å². The first-order valence-corrected chi connectivity index (χ1v) is 28.9. The quantitative estimate of drug-likeness (QED) is 0.0267. The van der Waals surface area contributed by atoms with Crippen molar-refractivity contribution in [2.45, 2.75) is 242 Å². The monoisotopic (exact) mass is 944 g/mol. The molecule has 65 heavy (non-hydrogen) atoms. The van der Waals surface area contributed by atoms with Gasteiger partial charge < -0.3 is 0 Å². The molecule has 1 radical (unpaired) electrons. The van der Waals surface area contributed by atoms with E-state index in [1.54, 1.807) is 12.1 Å². The van der Waals surface area contributed by atoms with E-state index >= 15 is 0 Å². The van der Waals surface area contributed by atoms with Gasteiger partial charge in [0.15, 0.2) is 0 Å². The molecule has 2 N–H and O–H groups in total. The smallest absolute Gasteiger partial charge is 0.282 e. The van der Waals surface area contributed by atoms with Crippen LogP contribution >= 0.6 is 0 Å². The van der Waals surface area contributed by atoms with Crippen LogP contribution in [0.2, 0.25) is 0 Å². The molecule has 4 rings (SSSR count). The molecule has 0 heterocycles. The van der Waals surface area contributed by atoms with Crippen LogP contribution in [0, 0.1) is 0 Å². The van der Waals surface area contributed by atoms with Crippen molar-refractivity contribution in [1.82, 2.24) is 0 Å². The molecule has 0 unspecified atom stereocenters. The topological polar surface area (TPSA) is 109 Å². The summed E-state index contributed by atoms with van der Waals surface area (Å²) in [4.78, 5) is 0.188. The summed E-state index contributed by atoms with van der Waals surface area (Å²) < 4.78 is 67.5. The molecule has 0 fully saturated rings. The van der Waals surface area contributed by atoms with Gasteiger partial charge in [0.25, 0.3) is 20.2 Å². The third-order valence-corrected chi connectivity index (χ3v) is 15.0. The van der Waals surface area contributed by atoms with Crippen molar-refractivity contribution < 1.29 is 25.9 Å². The van der Waals surface area contributed by atoms with Gasteiger partial charge in [-0.3, -0.25) is 9.11 Å². The third kappa shape index (κ3) is 25.4. The summed E-state index contributed by atoms with van der Waals surface area (Å²) in [6, 6.07) is 22.3. The molecule has 0 aliphatic rings. The van der Waals surface area contributed by atoms with Crippen molar-refractivity contribution in [3.63, 3.8) is 0 Å². The molecule has 0 aromatic heterocycles. The molecule has 9 heteroatoms. The molecule has 6 nitrogen and oxygen atoms in total. The molecule has 0 saturated heterocycles. The van der Waals surface area contributed by atoms with Crippen molar-refractivity contribution in [3.8, 4) is 0 Å².